The molecule has 6 heteroatoms. The molecule has 4 aromatic carbocycles. The van der Waals surface area contributed by atoms with Gasteiger partial charge in [-0.25, -0.2) is 0 Å². The fourth-order valence-corrected chi connectivity index (χ4v) is 5.49. The van der Waals surface area contributed by atoms with Crippen LogP contribution >= 0.6 is 24.8 Å². The standard InChI is InChI=1S/2C17H19O.2CH3.2ClH.Si.Zr/c2*1-12(2)14-10-13-6-4-7-16(15(13)11-14)17(3)8-5-9-18-17;;;;;;/h2*4-7,9-12H,8H2,1-3H3;2*1H3;2*1H;;/q4*-1;;;;. The van der Waals surface area contributed by atoms with Crippen molar-refractivity contribution in [2.45, 2.75) is 77.4 Å². The van der Waals surface area contributed by atoms with Crippen LogP contribution in [0.2, 0.25) is 0 Å². The first-order valence-electron chi connectivity index (χ1n) is 13.5. The fraction of sp³-hybridized carbons (Fsp3) is 0.333. The summed E-state index contributed by atoms with van der Waals surface area (Å²) in [6.07, 6.45) is 9.76. The molecule has 228 valence electrons. The molecule has 0 N–H and O–H groups in total. The van der Waals surface area contributed by atoms with Crippen molar-refractivity contribution in [2.75, 3.05) is 0 Å². The van der Waals surface area contributed by atoms with Crippen molar-refractivity contribution >= 4 is 53.2 Å². The number of benzene rings is 2. The third-order valence-corrected chi connectivity index (χ3v) is 7.88. The first-order chi connectivity index (χ1) is 18.2. The Morgan fingerprint density at radius 3 is 1.33 bits per heavy atom. The predicted molar refractivity (Wildman–Crippen MR) is 185 cm³/mol. The first-order valence-corrected chi connectivity index (χ1v) is 17.7. The van der Waals surface area contributed by atoms with E-state index in [9.17, 15) is 0 Å². The predicted octanol–water partition coefficient (Wildman–Crippen LogP) is 11.0. The zero-order valence-corrected chi connectivity index (χ0v) is 31.4. The zero-order valence-electron chi connectivity index (χ0n) is 26.3. The number of rotatable bonds is 4. The molecule has 2 radical (unpaired) electrons. The summed E-state index contributed by atoms with van der Waals surface area (Å²) < 4.78 is 11.6. The molecular formula is C36H46Cl2O2SiZr-4. The molecular weight excluding hydrogens is 655 g/mol. The number of fused-ring (bicyclic) bond motifs is 2. The Morgan fingerprint density at radius 1 is 0.690 bits per heavy atom. The van der Waals surface area contributed by atoms with Gasteiger partial charge in [0.1, 0.15) is 11.2 Å². The monoisotopic (exact) mass is 698 g/mol. The summed E-state index contributed by atoms with van der Waals surface area (Å²) in [6.45, 7) is 16.4. The molecule has 0 spiro atoms. The van der Waals surface area contributed by atoms with Crippen LogP contribution in [0.3, 0.4) is 0 Å². The van der Waals surface area contributed by atoms with E-state index in [0.29, 0.717) is 11.8 Å². The van der Waals surface area contributed by atoms with Crippen LogP contribution in [0.5, 0.6) is 0 Å². The maximum absolute atomic E-state index is 5.82. The summed E-state index contributed by atoms with van der Waals surface area (Å²) in [4.78, 5) is 0. The molecule has 0 aromatic heterocycles. The second-order valence-electron chi connectivity index (χ2n) is 11.4. The number of hydrogen-bond donors (Lipinski definition) is 0. The summed E-state index contributed by atoms with van der Waals surface area (Å²) >= 11 is 1.36. The van der Waals surface area contributed by atoms with Crippen molar-refractivity contribution in [3.63, 3.8) is 0 Å². The van der Waals surface area contributed by atoms with Crippen molar-refractivity contribution in [3.8, 4) is 0 Å². The molecule has 0 bridgehead atoms. The minimum atomic E-state index is -0.192. The first kappa shape index (κ1) is 40.4. The molecule has 0 saturated carbocycles. The molecule has 6 rings (SSSR count). The van der Waals surface area contributed by atoms with Gasteiger partial charge in [-0.2, -0.15) is 12.1 Å². The Balaban J connectivity index is 0.000000694. The second-order valence-corrected chi connectivity index (χ2v) is 11.4. The zero-order chi connectivity index (χ0) is 27.5. The Morgan fingerprint density at radius 2 is 1.05 bits per heavy atom. The van der Waals surface area contributed by atoms with Crippen molar-refractivity contribution in [1.82, 2.24) is 0 Å². The van der Waals surface area contributed by atoms with E-state index in [1.165, 1.54) is 67.1 Å². The molecule has 2 aliphatic heterocycles. The molecule has 2 atom stereocenters. The minimum absolute atomic E-state index is 0. The van der Waals surface area contributed by atoms with E-state index in [0.717, 1.165) is 12.8 Å². The normalized spacial score (nSPS) is 19.7. The van der Waals surface area contributed by atoms with Crippen molar-refractivity contribution in [2.24, 2.45) is 0 Å². The molecule has 4 aromatic rings. The van der Waals surface area contributed by atoms with Gasteiger partial charge in [0.25, 0.3) is 0 Å². The van der Waals surface area contributed by atoms with Crippen LogP contribution in [-0.2, 0) is 44.0 Å². The number of hydrogen-bond acceptors (Lipinski definition) is 2. The molecule has 42 heavy (non-hydrogen) atoms. The van der Waals surface area contributed by atoms with Crippen molar-refractivity contribution < 1.29 is 32.8 Å². The van der Waals surface area contributed by atoms with E-state index >= 15 is 0 Å². The Bertz CT molecular complexity index is 1340. The van der Waals surface area contributed by atoms with E-state index < -0.39 is 0 Å². The van der Waals surface area contributed by atoms with E-state index in [-0.39, 0.29) is 50.9 Å². The van der Waals surface area contributed by atoms with Crippen LogP contribution in [0.1, 0.15) is 88.5 Å². The Kier molecular flexibility index (Phi) is 16.4. The van der Waals surface area contributed by atoms with Gasteiger partial charge in [0, 0.05) is 12.8 Å². The Hall–Kier alpha value is -1.58. The van der Waals surface area contributed by atoms with E-state index in [1.807, 2.05) is 12.5 Å². The molecule has 2 aliphatic rings. The van der Waals surface area contributed by atoms with Crippen LogP contribution in [0, 0.1) is 14.9 Å². The van der Waals surface area contributed by atoms with E-state index in [4.69, 9.17) is 9.47 Å². The van der Waals surface area contributed by atoms with Gasteiger partial charge in [-0.3, -0.25) is 0 Å². The topological polar surface area (TPSA) is 18.5 Å². The fourth-order valence-electron chi connectivity index (χ4n) is 5.49. The van der Waals surface area contributed by atoms with Gasteiger partial charge in [-0.15, -0.1) is 93.9 Å². The van der Waals surface area contributed by atoms with Crippen molar-refractivity contribution in [3.05, 3.63) is 122 Å². The summed E-state index contributed by atoms with van der Waals surface area (Å²) in [6, 6.07) is 22.3. The molecule has 2 nitrogen and oxygen atoms in total. The molecule has 0 fully saturated rings. The number of halogens is 2. The summed E-state index contributed by atoms with van der Waals surface area (Å²) in [7, 11) is 0. The average molecular weight is 701 g/mol. The van der Waals surface area contributed by atoms with Crippen molar-refractivity contribution in [1.29, 1.82) is 0 Å². The van der Waals surface area contributed by atoms with Gasteiger partial charge in [-0.1, -0.05) is 39.8 Å². The molecule has 2 heterocycles. The third kappa shape index (κ3) is 8.32. The molecule has 0 aliphatic carbocycles. The number of ether oxygens (including phenoxy) is 2. The van der Waals surface area contributed by atoms with Gasteiger partial charge < -0.3 is 24.3 Å². The SMILES string of the molecule is CC(C)c1cc2c(C3(C)CC=CO3)cccc2[cH-]1.CC(C)c1cc2c(C3(C)CC=CO3)cccc2[cH-]1.Cl.Cl.[CH3-].[CH3-].[Si]=[Zr]. The molecule has 0 saturated heterocycles. The molecule has 2 unspecified atom stereocenters. The van der Waals surface area contributed by atoms with Gasteiger partial charge in [-0.05, 0) is 49.0 Å². The van der Waals surface area contributed by atoms with Gasteiger partial charge in [0.05, 0.1) is 12.5 Å². The van der Waals surface area contributed by atoms with Crippen LogP contribution in [0.4, 0.5) is 0 Å². The van der Waals surface area contributed by atoms with Gasteiger partial charge in [0.2, 0.25) is 0 Å². The summed E-state index contributed by atoms with van der Waals surface area (Å²) in [5.41, 5.74) is 5.04. The van der Waals surface area contributed by atoms with Gasteiger partial charge in [0.15, 0.2) is 0 Å². The summed E-state index contributed by atoms with van der Waals surface area (Å²) in [5, 5.41) is 5.33. The van der Waals surface area contributed by atoms with E-state index in [1.54, 1.807) is 0 Å². The van der Waals surface area contributed by atoms with Crippen LogP contribution in [0.15, 0.2) is 85.3 Å². The molecule has 0 amide bonds. The Labute approximate surface area is 284 Å². The van der Waals surface area contributed by atoms with Gasteiger partial charge >= 0.3 is 30.2 Å². The summed E-state index contributed by atoms with van der Waals surface area (Å²) in [5.74, 6) is 1.14. The maximum atomic E-state index is 5.82. The van der Waals surface area contributed by atoms with E-state index in [2.05, 4.69) is 121 Å². The van der Waals surface area contributed by atoms with Crippen LogP contribution < -0.4 is 0 Å². The second kappa shape index (κ2) is 17.0. The third-order valence-electron chi connectivity index (χ3n) is 7.88. The quantitative estimate of drug-likeness (QED) is 0.156. The van der Waals surface area contributed by atoms with Crippen LogP contribution in [0.25, 0.3) is 21.5 Å². The van der Waals surface area contributed by atoms with Crippen LogP contribution in [-0.4, -0.2) is 6.88 Å². The average Bonchev–Trinajstić information content (AvgIpc) is 3.71.